The van der Waals surface area contributed by atoms with Crippen LogP contribution in [0, 0.1) is 0 Å². The molecule has 5 rings (SSSR count). The van der Waals surface area contributed by atoms with E-state index in [1.54, 1.807) is 40.0 Å². The van der Waals surface area contributed by atoms with Crippen molar-refractivity contribution in [1.29, 1.82) is 0 Å². The fourth-order valence-electron chi connectivity index (χ4n) is 5.60. The van der Waals surface area contributed by atoms with Crippen molar-refractivity contribution < 1.29 is 23.7 Å². The normalized spacial score (nSPS) is 17.1. The predicted octanol–water partition coefficient (Wildman–Crippen LogP) is 5.50. The Labute approximate surface area is 253 Å². The number of benzene rings is 3. The van der Waals surface area contributed by atoms with Crippen molar-refractivity contribution in [3.05, 3.63) is 71.8 Å². The molecule has 2 aliphatic heterocycles. The zero-order valence-electron chi connectivity index (χ0n) is 25.0. The van der Waals surface area contributed by atoms with Crippen molar-refractivity contribution in [3.63, 3.8) is 0 Å². The second-order valence-electron chi connectivity index (χ2n) is 10.6. The third kappa shape index (κ3) is 6.97. The van der Waals surface area contributed by atoms with Gasteiger partial charge in [-0.1, -0.05) is 30.0 Å². The van der Waals surface area contributed by atoms with Crippen molar-refractivity contribution in [2.45, 2.75) is 30.0 Å². The van der Waals surface area contributed by atoms with Crippen LogP contribution in [0.3, 0.4) is 0 Å². The van der Waals surface area contributed by atoms with Crippen LogP contribution >= 0.6 is 11.8 Å². The lowest BCUT2D eigenvalue weighted by atomic mass is 10.1. The van der Waals surface area contributed by atoms with E-state index in [0.29, 0.717) is 6.61 Å². The number of fused-ring (bicyclic) bond motifs is 1. The Hall–Kier alpha value is -3.40. The molecule has 0 bridgehead atoms. The molecule has 1 saturated heterocycles. The number of thioether (sulfide) groups is 1. The number of carbonyl (C=O) groups excluding carboxylic acids is 1. The average molecular weight is 592 g/mol. The highest BCUT2D eigenvalue weighted by molar-refractivity contribution is 8.00. The summed E-state index contributed by atoms with van der Waals surface area (Å²) in [4.78, 5) is 20.7. The van der Waals surface area contributed by atoms with Gasteiger partial charge in [-0.25, -0.2) is 0 Å². The van der Waals surface area contributed by atoms with Gasteiger partial charge in [0.25, 0.3) is 0 Å². The summed E-state index contributed by atoms with van der Waals surface area (Å²) in [5.74, 6) is 3.11. The highest BCUT2D eigenvalue weighted by Crippen LogP contribution is 2.53. The number of nitrogens with zero attached hydrogens (tertiary/aromatic N) is 3. The molecule has 0 aromatic heterocycles. The summed E-state index contributed by atoms with van der Waals surface area (Å²) >= 11 is 1.67. The number of amides is 1. The molecule has 1 atom stereocenters. The van der Waals surface area contributed by atoms with Crippen molar-refractivity contribution >= 4 is 23.4 Å². The molecule has 0 saturated carbocycles. The number of hydrogen-bond acceptors (Lipinski definition) is 8. The van der Waals surface area contributed by atoms with E-state index in [0.717, 1.165) is 91.3 Å². The number of piperazine rings is 1. The van der Waals surface area contributed by atoms with Gasteiger partial charge in [0.1, 0.15) is 16.9 Å². The lowest BCUT2D eigenvalue weighted by molar-refractivity contribution is -0.116. The molecule has 224 valence electrons. The Morgan fingerprint density at radius 2 is 1.55 bits per heavy atom. The standard InChI is InChI=1S/C33H41N3O5S/c1-24(37)36-28-8-5-6-9-32(28)42-33(36)27-23-26(38-2)11-13-29(27)41-21-7-15-34-17-19-35(20-18-34)16-14-25-10-12-30(39-3)31(22-25)40-4/h5-6,8-13,22-23,33H,7,14-21H2,1-4H3. The number of anilines is 1. The first-order valence-electron chi connectivity index (χ1n) is 14.5. The molecular formula is C33H41N3O5S. The maximum atomic E-state index is 12.7. The van der Waals surface area contributed by atoms with Gasteiger partial charge in [0, 0.05) is 56.7 Å². The van der Waals surface area contributed by atoms with Gasteiger partial charge in [0.15, 0.2) is 11.5 Å². The zero-order chi connectivity index (χ0) is 29.5. The maximum Gasteiger partial charge on any atom is 0.225 e. The number of rotatable bonds is 12. The second kappa shape index (κ2) is 14.2. The van der Waals surface area contributed by atoms with E-state index < -0.39 is 0 Å². The minimum absolute atomic E-state index is 0.00841. The summed E-state index contributed by atoms with van der Waals surface area (Å²) < 4.78 is 22.7. The van der Waals surface area contributed by atoms with E-state index in [9.17, 15) is 4.79 Å². The molecule has 2 heterocycles. The molecule has 9 heteroatoms. The van der Waals surface area contributed by atoms with Crippen molar-refractivity contribution in [2.75, 3.05) is 72.1 Å². The molecule has 42 heavy (non-hydrogen) atoms. The van der Waals surface area contributed by atoms with E-state index in [-0.39, 0.29) is 11.3 Å². The Morgan fingerprint density at radius 3 is 2.26 bits per heavy atom. The largest absolute Gasteiger partial charge is 0.497 e. The molecule has 0 aliphatic carbocycles. The first-order valence-corrected chi connectivity index (χ1v) is 15.4. The van der Waals surface area contributed by atoms with Gasteiger partial charge in [-0.3, -0.25) is 9.69 Å². The van der Waals surface area contributed by atoms with Gasteiger partial charge in [-0.15, -0.1) is 0 Å². The van der Waals surface area contributed by atoms with Crippen molar-refractivity contribution in [3.8, 4) is 23.0 Å². The minimum Gasteiger partial charge on any atom is -0.497 e. The Morgan fingerprint density at radius 1 is 0.833 bits per heavy atom. The number of ether oxygens (including phenoxy) is 4. The smallest absolute Gasteiger partial charge is 0.225 e. The quantitative estimate of drug-likeness (QED) is 0.256. The molecule has 1 unspecified atom stereocenters. The summed E-state index contributed by atoms with van der Waals surface area (Å²) in [7, 11) is 5.00. The van der Waals surface area contributed by atoms with Gasteiger partial charge >= 0.3 is 0 Å². The fraction of sp³-hybridized carbons (Fsp3) is 0.424. The van der Waals surface area contributed by atoms with E-state index in [2.05, 4.69) is 28.0 Å². The molecule has 0 N–H and O–H groups in total. The van der Waals surface area contributed by atoms with Gasteiger partial charge < -0.3 is 28.7 Å². The summed E-state index contributed by atoms with van der Waals surface area (Å²) in [6.45, 7) is 8.52. The molecule has 1 fully saturated rings. The van der Waals surface area contributed by atoms with Crippen molar-refractivity contribution in [2.24, 2.45) is 0 Å². The maximum absolute atomic E-state index is 12.7. The minimum atomic E-state index is -0.197. The fourth-order valence-corrected chi connectivity index (χ4v) is 6.96. The third-order valence-corrected chi connectivity index (χ3v) is 9.21. The van der Waals surface area contributed by atoms with Crippen LogP contribution in [0.1, 0.15) is 29.8 Å². The number of carbonyl (C=O) groups is 1. The van der Waals surface area contributed by atoms with Crippen LogP contribution in [0.15, 0.2) is 65.6 Å². The van der Waals surface area contributed by atoms with Crippen LogP contribution < -0.4 is 23.8 Å². The zero-order valence-corrected chi connectivity index (χ0v) is 25.8. The molecule has 1 amide bonds. The highest BCUT2D eigenvalue weighted by atomic mass is 32.2. The van der Waals surface area contributed by atoms with Crippen LogP contribution in [-0.2, 0) is 11.2 Å². The summed E-state index contributed by atoms with van der Waals surface area (Å²) in [6, 6.07) is 20.1. The van der Waals surface area contributed by atoms with Gasteiger partial charge in [-0.05, 0) is 60.9 Å². The molecule has 3 aromatic carbocycles. The SMILES string of the molecule is COc1ccc(OCCCN2CCN(CCc3ccc(OC)c(OC)c3)CC2)c(C2Sc3ccccc3N2C(C)=O)c1. The third-order valence-electron chi connectivity index (χ3n) is 7.93. The second-order valence-corrected chi connectivity index (χ2v) is 11.7. The van der Waals surface area contributed by atoms with Gasteiger partial charge in [0.2, 0.25) is 5.91 Å². The van der Waals surface area contributed by atoms with Crippen LogP contribution in [0.5, 0.6) is 23.0 Å². The molecule has 0 radical (unpaired) electrons. The lowest BCUT2D eigenvalue weighted by Gasteiger charge is -2.34. The average Bonchev–Trinajstić information content (AvgIpc) is 3.42. The van der Waals surface area contributed by atoms with E-state index in [1.165, 1.54) is 5.56 Å². The van der Waals surface area contributed by atoms with Crippen LogP contribution in [0.4, 0.5) is 5.69 Å². The topological polar surface area (TPSA) is 63.7 Å². The van der Waals surface area contributed by atoms with Crippen molar-refractivity contribution in [1.82, 2.24) is 9.80 Å². The number of hydrogen-bond donors (Lipinski definition) is 0. The summed E-state index contributed by atoms with van der Waals surface area (Å²) in [5.41, 5.74) is 3.15. The van der Waals surface area contributed by atoms with Gasteiger partial charge in [0.05, 0.1) is 33.6 Å². The summed E-state index contributed by atoms with van der Waals surface area (Å²) in [5, 5.41) is -0.197. The van der Waals surface area contributed by atoms with Gasteiger partial charge in [-0.2, -0.15) is 0 Å². The molecule has 2 aliphatic rings. The number of para-hydroxylation sites is 1. The lowest BCUT2D eigenvalue weighted by Crippen LogP contribution is -2.47. The van der Waals surface area contributed by atoms with Crippen LogP contribution in [0.2, 0.25) is 0 Å². The van der Waals surface area contributed by atoms with E-state index in [4.69, 9.17) is 18.9 Å². The first-order chi connectivity index (χ1) is 20.5. The Bertz CT molecular complexity index is 1360. The molecule has 0 spiro atoms. The predicted molar refractivity (Wildman–Crippen MR) is 167 cm³/mol. The number of methoxy groups -OCH3 is 3. The van der Waals surface area contributed by atoms with Crippen LogP contribution in [0.25, 0.3) is 0 Å². The van der Waals surface area contributed by atoms with E-state index in [1.807, 2.05) is 47.4 Å². The molecular weight excluding hydrogens is 550 g/mol. The van der Waals surface area contributed by atoms with Crippen LogP contribution in [-0.4, -0.2) is 82.9 Å². The highest BCUT2D eigenvalue weighted by Gasteiger charge is 2.36. The Kier molecular flexibility index (Phi) is 10.2. The monoisotopic (exact) mass is 591 g/mol. The molecule has 8 nitrogen and oxygen atoms in total. The summed E-state index contributed by atoms with van der Waals surface area (Å²) in [6.07, 6.45) is 1.93. The molecule has 3 aromatic rings. The van der Waals surface area contributed by atoms with E-state index >= 15 is 0 Å². The first kappa shape index (κ1) is 30.1. The Balaban J connectivity index is 1.11.